The minimum atomic E-state index is 0.360. The number of hydrogen-bond acceptors (Lipinski definition) is 3. The second kappa shape index (κ2) is 6.22. The number of ether oxygens (including phenoxy) is 1. The highest BCUT2D eigenvalue weighted by molar-refractivity contribution is 5.80. The summed E-state index contributed by atoms with van der Waals surface area (Å²) in [7, 11) is 0. The Balaban J connectivity index is 1.60. The van der Waals surface area contributed by atoms with Gasteiger partial charge in [-0.25, -0.2) is 4.99 Å². The van der Waals surface area contributed by atoms with Gasteiger partial charge < -0.3 is 15.4 Å². The molecule has 2 aliphatic heterocycles. The average molecular weight is 274 g/mol. The Morgan fingerprint density at radius 2 is 2.40 bits per heavy atom. The Hall–Kier alpha value is -1.62. The molecule has 2 bridgehead atoms. The summed E-state index contributed by atoms with van der Waals surface area (Å²) >= 11 is 0. The summed E-state index contributed by atoms with van der Waals surface area (Å²) in [6.07, 6.45) is 6.09. The second-order valence-corrected chi connectivity index (χ2v) is 5.38. The standard InChI is InChI=1S/C15H22N4O/c1-2-16-15(18-10-11-5-3-4-8-17-11)19-13-9-12-6-7-14(13)20-12/h3-5,8,12-14H,2,6-7,9-10H2,1H3,(H2,16,18,19)/t12-,13+,14-/m0/s1. The van der Waals surface area contributed by atoms with Gasteiger partial charge in [-0.05, 0) is 38.3 Å². The third-order valence-corrected chi connectivity index (χ3v) is 3.90. The van der Waals surface area contributed by atoms with Crippen LogP contribution in [0.2, 0.25) is 0 Å². The van der Waals surface area contributed by atoms with Crippen LogP contribution in [0.1, 0.15) is 31.9 Å². The fourth-order valence-electron chi connectivity index (χ4n) is 2.94. The van der Waals surface area contributed by atoms with E-state index in [9.17, 15) is 0 Å². The van der Waals surface area contributed by atoms with Crippen molar-refractivity contribution in [2.24, 2.45) is 4.99 Å². The zero-order valence-corrected chi connectivity index (χ0v) is 11.9. The molecule has 2 N–H and O–H groups in total. The fourth-order valence-corrected chi connectivity index (χ4v) is 2.94. The van der Waals surface area contributed by atoms with Crippen molar-refractivity contribution in [1.29, 1.82) is 0 Å². The van der Waals surface area contributed by atoms with E-state index in [0.29, 0.717) is 24.8 Å². The van der Waals surface area contributed by atoms with E-state index >= 15 is 0 Å². The van der Waals surface area contributed by atoms with Crippen LogP contribution >= 0.6 is 0 Å². The molecule has 0 radical (unpaired) electrons. The Morgan fingerprint density at radius 1 is 1.45 bits per heavy atom. The molecule has 108 valence electrons. The molecule has 2 fully saturated rings. The van der Waals surface area contributed by atoms with Crippen LogP contribution < -0.4 is 10.6 Å². The maximum absolute atomic E-state index is 5.87. The lowest BCUT2D eigenvalue weighted by molar-refractivity contribution is 0.0992. The molecule has 5 heteroatoms. The summed E-state index contributed by atoms with van der Waals surface area (Å²) in [5, 5.41) is 6.80. The lowest BCUT2D eigenvalue weighted by Gasteiger charge is -2.22. The predicted octanol–water partition coefficient (Wildman–Crippen LogP) is 1.46. The molecule has 2 saturated heterocycles. The average Bonchev–Trinajstić information content (AvgIpc) is 3.09. The first-order valence-corrected chi connectivity index (χ1v) is 7.45. The molecule has 20 heavy (non-hydrogen) atoms. The fraction of sp³-hybridized carbons (Fsp3) is 0.600. The van der Waals surface area contributed by atoms with Crippen LogP contribution in [0.25, 0.3) is 0 Å². The smallest absolute Gasteiger partial charge is 0.191 e. The van der Waals surface area contributed by atoms with Gasteiger partial charge in [-0.2, -0.15) is 0 Å². The van der Waals surface area contributed by atoms with Crippen LogP contribution in [0.3, 0.4) is 0 Å². The van der Waals surface area contributed by atoms with Crippen molar-refractivity contribution in [3.05, 3.63) is 30.1 Å². The van der Waals surface area contributed by atoms with E-state index in [0.717, 1.165) is 24.6 Å². The number of aromatic nitrogens is 1. The van der Waals surface area contributed by atoms with Crippen molar-refractivity contribution in [3.8, 4) is 0 Å². The van der Waals surface area contributed by atoms with Crippen LogP contribution in [0.5, 0.6) is 0 Å². The number of fused-ring (bicyclic) bond motifs is 2. The predicted molar refractivity (Wildman–Crippen MR) is 78.5 cm³/mol. The van der Waals surface area contributed by atoms with Crippen molar-refractivity contribution < 1.29 is 4.74 Å². The highest BCUT2D eigenvalue weighted by Crippen LogP contribution is 2.34. The summed E-state index contributed by atoms with van der Waals surface area (Å²) in [5.74, 6) is 0.860. The minimum absolute atomic E-state index is 0.360. The lowest BCUT2D eigenvalue weighted by Crippen LogP contribution is -2.47. The molecule has 3 atom stereocenters. The number of rotatable bonds is 4. The Bertz CT molecular complexity index is 462. The van der Waals surface area contributed by atoms with E-state index in [1.807, 2.05) is 18.2 Å². The van der Waals surface area contributed by atoms with Crippen molar-refractivity contribution in [3.63, 3.8) is 0 Å². The number of guanidine groups is 1. The van der Waals surface area contributed by atoms with Crippen LogP contribution in [0, 0.1) is 0 Å². The van der Waals surface area contributed by atoms with Crippen molar-refractivity contribution >= 4 is 5.96 Å². The van der Waals surface area contributed by atoms with Gasteiger partial charge in [0.2, 0.25) is 0 Å². The van der Waals surface area contributed by atoms with Gasteiger partial charge in [0.1, 0.15) is 0 Å². The van der Waals surface area contributed by atoms with Crippen molar-refractivity contribution in [2.75, 3.05) is 6.54 Å². The van der Waals surface area contributed by atoms with E-state index in [2.05, 4.69) is 27.5 Å². The monoisotopic (exact) mass is 274 g/mol. The number of aliphatic imine (C=N–C) groups is 1. The molecule has 2 aliphatic rings. The maximum Gasteiger partial charge on any atom is 0.191 e. The number of pyridine rings is 1. The highest BCUT2D eigenvalue weighted by Gasteiger charge is 2.41. The summed E-state index contributed by atoms with van der Waals surface area (Å²) in [6, 6.07) is 6.30. The third kappa shape index (κ3) is 3.10. The molecule has 5 nitrogen and oxygen atoms in total. The van der Waals surface area contributed by atoms with Gasteiger partial charge in [-0.15, -0.1) is 0 Å². The van der Waals surface area contributed by atoms with Gasteiger partial charge in [0.15, 0.2) is 5.96 Å². The number of nitrogens with zero attached hydrogens (tertiary/aromatic N) is 2. The quantitative estimate of drug-likeness (QED) is 0.644. The molecule has 0 saturated carbocycles. The van der Waals surface area contributed by atoms with Gasteiger partial charge in [-0.1, -0.05) is 6.07 Å². The normalized spacial score (nSPS) is 28.6. The van der Waals surface area contributed by atoms with E-state index < -0.39 is 0 Å². The van der Waals surface area contributed by atoms with Gasteiger partial charge in [0.25, 0.3) is 0 Å². The first kappa shape index (κ1) is 13.4. The Labute approximate surface area is 119 Å². The summed E-state index contributed by atoms with van der Waals surface area (Å²) in [6.45, 7) is 3.53. The van der Waals surface area contributed by atoms with Crippen molar-refractivity contribution in [1.82, 2.24) is 15.6 Å². The van der Waals surface area contributed by atoms with Crippen LogP contribution in [0.4, 0.5) is 0 Å². The molecule has 1 aromatic heterocycles. The molecule has 0 unspecified atom stereocenters. The van der Waals surface area contributed by atoms with Crippen molar-refractivity contribution in [2.45, 2.75) is 51.0 Å². The second-order valence-electron chi connectivity index (χ2n) is 5.38. The van der Waals surface area contributed by atoms with E-state index in [-0.39, 0.29) is 0 Å². The molecular formula is C15H22N4O. The van der Waals surface area contributed by atoms with Crippen LogP contribution in [-0.4, -0.2) is 35.7 Å². The maximum atomic E-state index is 5.87. The largest absolute Gasteiger partial charge is 0.373 e. The summed E-state index contributed by atoms with van der Waals surface area (Å²) in [5.41, 5.74) is 0.980. The first-order chi connectivity index (χ1) is 9.85. The van der Waals surface area contributed by atoms with Gasteiger partial charge in [-0.3, -0.25) is 4.98 Å². The molecule has 0 aliphatic carbocycles. The van der Waals surface area contributed by atoms with Crippen LogP contribution in [0.15, 0.2) is 29.4 Å². The first-order valence-electron chi connectivity index (χ1n) is 7.45. The summed E-state index contributed by atoms with van der Waals surface area (Å²) in [4.78, 5) is 8.90. The molecule has 0 spiro atoms. The molecule has 0 amide bonds. The Kier molecular flexibility index (Phi) is 4.16. The molecular weight excluding hydrogens is 252 g/mol. The van der Waals surface area contributed by atoms with E-state index in [1.165, 1.54) is 12.8 Å². The van der Waals surface area contributed by atoms with Crippen LogP contribution in [-0.2, 0) is 11.3 Å². The third-order valence-electron chi connectivity index (χ3n) is 3.90. The molecule has 3 rings (SSSR count). The van der Waals surface area contributed by atoms with E-state index in [1.54, 1.807) is 6.20 Å². The zero-order valence-electron chi connectivity index (χ0n) is 11.9. The van der Waals surface area contributed by atoms with Gasteiger partial charge in [0, 0.05) is 12.7 Å². The minimum Gasteiger partial charge on any atom is -0.373 e. The Morgan fingerprint density at radius 3 is 3.05 bits per heavy atom. The SMILES string of the molecule is CCNC(=NCc1ccccn1)N[C@@H]1C[C@@H]2CC[C@@H]1O2. The van der Waals surface area contributed by atoms with Gasteiger partial charge >= 0.3 is 0 Å². The molecule has 0 aromatic carbocycles. The molecule has 1 aromatic rings. The number of nitrogens with one attached hydrogen (secondary N) is 2. The number of hydrogen-bond donors (Lipinski definition) is 2. The summed E-state index contributed by atoms with van der Waals surface area (Å²) < 4.78 is 5.87. The lowest BCUT2D eigenvalue weighted by atomic mass is 9.96. The zero-order chi connectivity index (χ0) is 13.8. The topological polar surface area (TPSA) is 58.5 Å². The van der Waals surface area contributed by atoms with Gasteiger partial charge in [0.05, 0.1) is 30.5 Å². The van der Waals surface area contributed by atoms with E-state index in [4.69, 9.17) is 4.74 Å². The molecule has 3 heterocycles. The highest BCUT2D eigenvalue weighted by atomic mass is 16.5.